The van der Waals surface area contributed by atoms with Crippen molar-refractivity contribution in [2.45, 2.75) is 5.92 Å². The summed E-state index contributed by atoms with van der Waals surface area (Å²) in [7, 11) is 0. The summed E-state index contributed by atoms with van der Waals surface area (Å²) in [6.45, 7) is 0. The number of halogens is 1. The number of fused-ring (bicyclic) bond motifs is 1. The van der Waals surface area contributed by atoms with E-state index < -0.39 is 5.92 Å². The lowest BCUT2D eigenvalue weighted by Crippen LogP contribution is -2.35. The second-order valence-corrected chi connectivity index (χ2v) is 6.08. The number of benzene rings is 1. The number of rotatable bonds is 1. The lowest BCUT2D eigenvalue weighted by Gasteiger charge is -2.30. The number of hydrogen-bond acceptors (Lipinski definition) is 5. The largest absolute Gasteiger partial charge is 0.384 e. The summed E-state index contributed by atoms with van der Waals surface area (Å²) in [4.78, 5) is 13.2. The standard InChI is InChI=1S/C15H9ClN4OS/c16-11-4-2-1-3-8(11)13-9(5-17)14(19)20-12(21)7-22-15(20)10(13)6-18/h1-4,13H,7,19H2. The van der Waals surface area contributed by atoms with Gasteiger partial charge in [0, 0.05) is 5.02 Å². The highest BCUT2D eigenvalue weighted by atomic mass is 35.5. The Hall–Kier alpha value is -2.41. The maximum absolute atomic E-state index is 12.0. The van der Waals surface area contributed by atoms with Gasteiger partial charge in [-0.05, 0) is 11.6 Å². The maximum Gasteiger partial charge on any atom is 0.243 e. The Balaban J connectivity index is 2.29. The van der Waals surface area contributed by atoms with Crippen LogP contribution < -0.4 is 5.73 Å². The predicted octanol–water partition coefficient (Wildman–Crippen LogP) is 2.44. The number of nitrogens with two attached hydrogens (primary N) is 1. The molecular formula is C15H9ClN4OS. The van der Waals surface area contributed by atoms with Gasteiger partial charge in [-0.15, -0.1) is 0 Å². The molecule has 7 heteroatoms. The lowest BCUT2D eigenvalue weighted by atomic mass is 9.83. The van der Waals surface area contributed by atoms with E-state index in [1.807, 2.05) is 6.07 Å². The molecule has 1 unspecified atom stereocenters. The van der Waals surface area contributed by atoms with Gasteiger partial charge in [0.25, 0.3) is 0 Å². The molecule has 108 valence electrons. The van der Waals surface area contributed by atoms with E-state index in [1.165, 1.54) is 16.7 Å². The molecule has 2 aliphatic rings. The van der Waals surface area contributed by atoms with Gasteiger partial charge in [-0.25, -0.2) is 0 Å². The molecule has 1 aromatic rings. The van der Waals surface area contributed by atoms with E-state index in [-0.39, 0.29) is 23.1 Å². The molecule has 3 rings (SSSR count). The van der Waals surface area contributed by atoms with E-state index in [0.717, 1.165) is 0 Å². The number of allylic oxidation sites excluding steroid dienone is 2. The van der Waals surface area contributed by atoms with Crippen LogP contribution in [0.1, 0.15) is 11.5 Å². The van der Waals surface area contributed by atoms with Crippen molar-refractivity contribution in [1.29, 1.82) is 10.5 Å². The van der Waals surface area contributed by atoms with Crippen LogP contribution in [0.5, 0.6) is 0 Å². The van der Waals surface area contributed by atoms with Gasteiger partial charge in [-0.1, -0.05) is 41.6 Å². The number of hydrogen-bond donors (Lipinski definition) is 1. The highest BCUT2D eigenvalue weighted by Crippen LogP contribution is 2.47. The number of nitrogens with zero attached hydrogens (tertiary/aromatic N) is 3. The second kappa shape index (κ2) is 5.42. The normalized spacial score (nSPS) is 20.8. The third-order valence-corrected chi connectivity index (χ3v) is 4.98. The van der Waals surface area contributed by atoms with Crippen LogP contribution in [-0.4, -0.2) is 16.6 Å². The van der Waals surface area contributed by atoms with Gasteiger partial charge in [-0.2, -0.15) is 10.5 Å². The number of carbonyl (C=O) groups excluding carboxylic acids is 1. The van der Waals surface area contributed by atoms with Gasteiger partial charge in [-0.3, -0.25) is 9.69 Å². The van der Waals surface area contributed by atoms with Crippen molar-refractivity contribution in [1.82, 2.24) is 4.90 Å². The molecular weight excluding hydrogens is 320 g/mol. The van der Waals surface area contributed by atoms with Gasteiger partial charge in [0.1, 0.15) is 5.82 Å². The van der Waals surface area contributed by atoms with Gasteiger partial charge >= 0.3 is 0 Å². The first-order valence-corrected chi connectivity index (χ1v) is 7.70. The first kappa shape index (κ1) is 14.5. The highest BCUT2D eigenvalue weighted by molar-refractivity contribution is 8.04. The Morgan fingerprint density at radius 1 is 1.27 bits per heavy atom. The van der Waals surface area contributed by atoms with Crippen LogP contribution in [-0.2, 0) is 4.79 Å². The van der Waals surface area contributed by atoms with Crippen molar-refractivity contribution in [2.75, 3.05) is 5.75 Å². The molecule has 1 amide bonds. The van der Waals surface area contributed by atoms with E-state index in [2.05, 4.69) is 6.07 Å². The van der Waals surface area contributed by atoms with Crippen molar-refractivity contribution in [3.8, 4) is 12.1 Å². The average Bonchev–Trinajstić information content (AvgIpc) is 2.90. The van der Waals surface area contributed by atoms with Gasteiger partial charge in [0.15, 0.2) is 0 Å². The SMILES string of the molecule is N#CC1=C(N)N2C(=O)CSC2=C(C#N)C1c1ccccc1Cl. The summed E-state index contributed by atoms with van der Waals surface area (Å²) < 4.78 is 0. The zero-order chi connectivity index (χ0) is 15.9. The van der Waals surface area contributed by atoms with Gasteiger partial charge in [0.05, 0.1) is 40.0 Å². The van der Waals surface area contributed by atoms with Crippen LogP contribution in [0.25, 0.3) is 0 Å². The fourth-order valence-corrected chi connectivity index (χ4v) is 3.89. The monoisotopic (exact) mass is 328 g/mol. The van der Waals surface area contributed by atoms with Crippen molar-refractivity contribution >= 4 is 29.3 Å². The van der Waals surface area contributed by atoms with Crippen molar-refractivity contribution in [3.05, 3.63) is 56.8 Å². The molecule has 1 saturated heterocycles. The Kier molecular flexibility index (Phi) is 3.58. The zero-order valence-electron chi connectivity index (χ0n) is 11.2. The van der Waals surface area contributed by atoms with Crippen LogP contribution >= 0.6 is 23.4 Å². The van der Waals surface area contributed by atoms with E-state index in [0.29, 0.717) is 21.2 Å². The first-order chi connectivity index (χ1) is 10.6. The summed E-state index contributed by atoms with van der Waals surface area (Å²) in [5, 5.41) is 20.0. The molecule has 1 atom stereocenters. The molecule has 0 bridgehead atoms. The Bertz CT molecular complexity index is 831. The minimum absolute atomic E-state index is 0.0800. The summed E-state index contributed by atoms with van der Waals surface area (Å²) in [5.74, 6) is -0.588. The second-order valence-electron chi connectivity index (χ2n) is 4.71. The van der Waals surface area contributed by atoms with E-state index in [1.54, 1.807) is 24.3 Å². The molecule has 0 saturated carbocycles. The molecule has 5 nitrogen and oxygen atoms in total. The smallest absolute Gasteiger partial charge is 0.243 e. The molecule has 0 aromatic heterocycles. The molecule has 2 aliphatic heterocycles. The van der Waals surface area contributed by atoms with Crippen LogP contribution in [0.4, 0.5) is 0 Å². The van der Waals surface area contributed by atoms with Gasteiger partial charge < -0.3 is 5.73 Å². The Labute approximate surface area is 136 Å². The summed E-state index contributed by atoms with van der Waals surface area (Å²) in [6.07, 6.45) is 0. The number of nitriles is 2. The summed E-state index contributed by atoms with van der Waals surface area (Å²) in [5.41, 5.74) is 7.15. The van der Waals surface area contributed by atoms with E-state index in [4.69, 9.17) is 17.3 Å². The molecule has 1 fully saturated rings. The zero-order valence-corrected chi connectivity index (χ0v) is 12.8. The van der Waals surface area contributed by atoms with Crippen LogP contribution in [0.15, 0.2) is 46.3 Å². The maximum atomic E-state index is 12.0. The fraction of sp³-hybridized carbons (Fsp3) is 0.133. The third-order valence-electron chi connectivity index (χ3n) is 3.57. The minimum atomic E-state index is -0.645. The molecule has 2 heterocycles. The fourth-order valence-electron chi connectivity index (χ4n) is 2.60. The minimum Gasteiger partial charge on any atom is -0.384 e. The van der Waals surface area contributed by atoms with E-state index in [9.17, 15) is 15.3 Å². The average molecular weight is 329 g/mol. The summed E-state index contributed by atoms with van der Waals surface area (Å²) >= 11 is 7.48. The lowest BCUT2D eigenvalue weighted by molar-refractivity contribution is -0.124. The topological polar surface area (TPSA) is 93.9 Å². The highest BCUT2D eigenvalue weighted by Gasteiger charge is 2.42. The van der Waals surface area contributed by atoms with Gasteiger partial charge in [0.2, 0.25) is 5.91 Å². The molecule has 0 spiro atoms. The number of carbonyl (C=O) groups is 1. The Morgan fingerprint density at radius 3 is 2.59 bits per heavy atom. The van der Waals surface area contributed by atoms with Crippen molar-refractivity contribution < 1.29 is 4.79 Å². The quantitative estimate of drug-likeness (QED) is 0.854. The van der Waals surface area contributed by atoms with Crippen LogP contribution in [0.2, 0.25) is 5.02 Å². The number of amides is 1. The predicted molar refractivity (Wildman–Crippen MR) is 83.0 cm³/mol. The molecule has 22 heavy (non-hydrogen) atoms. The molecule has 1 aromatic carbocycles. The number of thioether (sulfide) groups is 1. The molecule has 0 aliphatic carbocycles. The third kappa shape index (κ3) is 1.97. The van der Waals surface area contributed by atoms with Crippen molar-refractivity contribution in [2.24, 2.45) is 5.73 Å². The molecule has 0 radical (unpaired) electrons. The summed E-state index contributed by atoms with van der Waals surface area (Å²) in [6, 6.07) is 11.2. The molecule has 2 N–H and O–H groups in total. The van der Waals surface area contributed by atoms with Crippen molar-refractivity contribution in [3.63, 3.8) is 0 Å². The Morgan fingerprint density at radius 2 is 1.95 bits per heavy atom. The first-order valence-electron chi connectivity index (χ1n) is 6.34. The van der Waals surface area contributed by atoms with E-state index >= 15 is 0 Å². The van der Waals surface area contributed by atoms with Crippen LogP contribution in [0, 0.1) is 22.7 Å². The van der Waals surface area contributed by atoms with Crippen LogP contribution in [0.3, 0.4) is 0 Å².